The molecule has 1 unspecified atom stereocenters. The van der Waals surface area contributed by atoms with Crippen molar-refractivity contribution < 1.29 is 14.3 Å². The zero-order chi connectivity index (χ0) is 25.1. The van der Waals surface area contributed by atoms with Gasteiger partial charge in [-0.2, -0.15) is 0 Å². The van der Waals surface area contributed by atoms with Crippen LogP contribution in [0.25, 0.3) is 20.8 Å². The van der Waals surface area contributed by atoms with E-state index >= 15 is 0 Å². The summed E-state index contributed by atoms with van der Waals surface area (Å²) in [6, 6.07) is 22.9. The molecule has 1 N–H and O–H groups in total. The molecule has 7 nitrogen and oxygen atoms in total. The van der Waals surface area contributed by atoms with Crippen molar-refractivity contribution >= 4 is 33.4 Å². The number of thiazole rings is 1. The van der Waals surface area contributed by atoms with Gasteiger partial charge in [0.05, 0.1) is 17.3 Å². The topological polar surface area (TPSA) is 74.8 Å². The van der Waals surface area contributed by atoms with Crippen LogP contribution in [0, 0.1) is 0 Å². The van der Waals surface area contributed by atoms with Crippen molar-refractivity contribution in [3.8, 4) is 16.3 Å². The lowest BCUT2D eigenvalue weighted by molar-refractivity contribution is -0.126. The third-order valence-electron chi connectivity index (χ3n) is 6.53. The fourth-order valence-electron chi connectivity index (χ4n) is 4.61. The van der Waals surface area contributed by atoms with Crippen LogP contribution in [0.15, 0.2) is 72.8 Å². The summed E-state index contributed by atoms with van der Waals surface area (Å²) < 4.78 is 6.37. The first kappa shape index (κ1) is 24.0. The number of carbonyl (C=O) groups excluding carboxylic acids is 2. The summed E-state index contributed by atoms with van der Waals surface area (Å²) in [6.45, 7) is 2.37. The van der Waals surface area contributed by atoms with Crippen LogP contribution in [0.2, 0.25) is 0 Å². The van der Waals surface area contributed by atoms with E-state index in [9.17, 15) is 9.59 Å². The fourth-order valence-corrected chi connectivity index (χ4v) is 5.60. The number of likely N-dealkylation sites (N-methyl/N-ethyl adjacent to an activating group) is 1. The van der Waals surface area contributed by atoms with E-state index in [1.54, 1.807) is 25.5 Å². The van der Waals surface area contributed by atoms with Crippen molar-refractivity contribution in [2.24, 2.45) is 0 Å². The van der Waals surface area contributed by atoms with Crippen LogP contribution in [-0.4, -0.2) is 66.9 Å². The zero-order valence-electron chi connectivity index (χ0n) is 20.3. The highest BCUT2D eigenvalue weighted by Crippen LogP contribution is 2.33. The van der Waals surface area contributed by atoms with Gasteiger partial charge in [0.15, 0.2) is 0 Å². The summed E-state index contributed by atoms with van der Waals surface area (Å²) in [7, 11) is 3.31. The molecule has 1 atom stereocenters. The van der Waals surface area contributed by atoms with Crippen molar-refractivity contribution in [1.82, 2.24) is 20.1 Å². The van der Waals surface area contributed by atoms with Gasteiger partial charge in [-0.15, -0.1) is 11.3 Å². The number of nitrogens with zero attached hydrogens (tertiary/aromatic N) is 3. The monoisotopic (exact) mass is 500 g/mol. The first-order valence-electron chi connectivity index (χ1n) is 11.9. The Morgan fingerprint density at radius 1 is 0.972 bits per heavy atom. The quantitative estimate of drug-likeness (QED) is 0.429. The van der Waals surface area contributed by atoms with E-state index in [2.05, 4.69) is 10.2 Å². The normalized spacial score (nSPS) is 15.0. The van der Waals surface area contributed by atoms with Crippen molar-refractivity contribution in [2.45, 2.75) is 6.04 Å². The average molecular weight is 501 g/mol. The molecule has 2 amide bonds. The van der Waals surface area contributed by atoms with E-state index in [1.807, 2.05) is 77.7 Å². The molecule has 0 bridgehead atoms. The molecule has 1 aliphatic rings. The number of hydrogen-bond donors (Lipinski definition) is 1. The van der Waals surface area contributed by atoms with E-state index in [4.69, 9.17) is 9.72 Å². The summed E-state index contributed by atoms with van der Waals surface area (Å²) in [5.74, 6) is 0.754. The molecular formula is C28H28N4O3S. The third kappa shape index (κ3) is 4.82. The summed E-state index contributed by atoms with van der Waals surface area (Å²) in [5.41, 5.74) is 3.43. The Bertz CT molecular complexity index is 1380. The van der Waals surface area contributed by atoms with Gasteiger partial charge < -0.3 is 15.0 Å². The molecular weight excluding hydrogens is 472 g/mol. The second-order valence-corrected chi connectivity index (χ2v) is 9.72. The number of aromatic nitrogens is 1. The predicted octanol–water partition coefficient (Wildman–Crippen LogP) is 4.22. The SMILES string of the molecule is CNC(=O)C(c1ccccc1)N1CCN(C(=O)c2cccc(-c3nc4ccc(OC)cc4s3)c2)CC1. The van der Waals surface area contributed by atoms with E-state index < -0.39 is 0 Å². The minimum atomic E-state index is -0.366. The van der Waals surface area contributed by atoms with Gasteiger partial charge in [0.2, 0.25) is 5.91 Å². The van der Waals surface area contributed by atoms with Crippen LogP contribution in [0.4, 0.5) is 0 Å². The van der Waals surface area contributed by atoms with Gasteiger partial charge >= 0.3 is 0 Å². The molecule has 0 spiro atoms. The average Bonchev–Trinajstić information content (AvgIpc) is 3.37. The number of fused-ring (bicyclic) bond motifs is 1. The maximum absolute atomic E-state index is 13.4. The van der Waals surface area contributed by atoms with Crippen LogP contribution < -0.4 is 10.1 Å². The molecule has 0 aliphatic carbocycles. The van der Waals surface area contributed by atoms with Crippen molar-refractivity contribution in [3.05, 3.63) is 83.9 Å². The second-order valence-electron chi connectivity index (χ2n) is 8.69. The Labute approximate surface area is 214 Å². The molecule has 4 aromatic rings. The first-order chi connectivity index (χ1) is 17.6. The summed E-state index contributed by atoms with van der Waals surface area (Å²) in [4.78, 5) is 34.8. The molecule has 1 saturated heterocycles. The summed E-state index contributed by atoms with van der Waals surface area (Å²) in [6.07, 6.45) is 0. The van der Waals surface area contributed by atoms with Crippen LogP contribution in [0.1, 0.15) is 22.0 Å². The van der Waals surface area contributed by atoms with Crippen LogP contribution >= 0.6 is 11.3 Å². The summed E-state index contributed by atoms with van der Waals surface area (Å²) in [5, 5.41) is 3.65. The lowest BCUT2D eigenvalue weighted by atomic mass is 10.0. The standard InChI is InChI=1S/C28H28N4O3S/c1-29-26(33)25(19-7-4-3-5-8-19)31-13-15-32(16-14-31)28(34)21-10-6-9-20(17-21)27-30-23-12-11-22(35-2)18-24(23)36-27/h3-12,17-18,25H,13-16H2,1-2H3,(H,29,33). The highest BCUT2D eigenvalue weighted by molar-refractivity contribution is 7.21. The molecule has 5 rings (SSSR count). The van der Waals surface area contributed by atoms with E-state index in [0.29, 0.717) is 31.7 Å². The molecule has 2 heterocycles. The van der Waals surface area contributed by atoms with Gasteiger partial charge in [-0.25, -0.2) is 4.98 Å². The highest BCUT2D eigenvalue weighted by Gasteiger charge is 2.31. The molecule has 1 aromatic heterocycles. The number of hydrogen-bond acceptors (Lipinski definition) is 6. The molecule has 1 fully saturated rings. The highest BCUT2D eigenvalue weighted by atomic mass is 32.1. The zero-order valence-corrected chi connectivity index (χ0v) is 21.1. The first-order valence-corrected chi connectivity index (χ1v) is 12.7. The van der Waals surface area contributed by atoms with E-state index in [1.165, 1.54) is 0 Å². The lowest BCUT2D eigenvalue weighted by Crippen LogP contribution is -2.52. The smallest absolute Gasteiger partial charge is 0.253 e. The van der Waals surface area contributed by atoms with Gasteiger partial charge in [0.25, 0.3) is 5.91 Å². The number of ether oxygens (including phenoxy) is 1. The number of piperazine rings is 1. The Morgan fingerprint density at radius 3 is 2.47 bits per heavy atom. The number of methoxy groups -OCH3 is 1. The van der Waals surface area contributed by atoms with Gasteiger partial charge in [0.1, 0.15) is 16.8 Å². The van der Waals surface area contributed by atoms with Crippen LogP contribution in [-0.2, 0) is 4.79 Å². The van der Waals surface area contributed by atoms with Crippen molar-refractivity contribution in [1.29, 1.82) is 0 Å². The van der Waals surface area contributed by atoms with Crippen molar-refractivity contribution in [2.75, 3.05) is 40.3 Å². The molecule has 8 heteroatoms. The molecule has 3 aromatic carbocycles. The third-order valence-corrected chi connectivity index (χ3v) is 7.60. The number of carbonyl (C=O) groups is 2. The van der Waals surface area contributed by atoms with Gasteiger partial charge in [0, 0.05) is 44.4 Å². The maximum Gasteiger partial charge on any atom is 0.253 e. The fraction of sp³-hybridized carbons (Fsp3) is 0.250. The van der Waals surface area contributed by atoms with Crippen LogP contribution in [0.3, 0.4) is 0 Å². The minimum Gasteiger partial charge on any atom is -0.497 e. The van der Waals surface area contributed by atoms with Gasteiger partial charge in [-0.05, 0) is 35.9 Å². The number of amides is 2. The Morgan fingerprint density at radius 2 is 1.75 bits per heavy atom. The molecule has 0 radical (unpaired) electrons. The Kier molecular flexibility index (Phi) is 6.97. The molecule has 184 valence electrons. The minimum absolute atomic E-state index is 0.00418. The summed E-state index contributed by atoms with van der Waals surface area (Å²) >= 11 is 1.58. The van der Waals surface area contributed by atoms with Crippen molar-refractivity contribution in [3.63, 3.8) is 0 Å². The molecule has 36 heavy (non-hydrogen) atoms. The van der Waals surface area contributed by atoms with E-state index in [0.717, 1.165) is 32.1 Å². The molecule has 0 saturated carbocycles. The van der Waals surface area contributed by atoms with Crippen LogP contribution in [0.5, 0.6) is 5.75 Å². The largest absolute Gasteiger partial charge is 0.497 e. The van der Waals surface area contributed by atoms with Gasteiger partial charge in [-0.1, -0.05) is 42.5 Å². The maximum atomic E-state index is 13.4. The number of benzene rings is 3. The van der Waals surface area contributed by atoms with Gasteiger partial charge in [-0.3, -0.25) is 14.5 Å². The molecule has 1 aliphatic heterocycles. The van der Waals surface area contributed by atoms with E-state index in [-0.39, 0.29) is 17.9 Å². The predicted molar refractivity (Wildman–Crippen MR) is 142 cm³/mol. The Hall–Kier alpha value is -3.75. The number of rotatable bonds is 6. The Balaban J connectivity index is 1.30. The lowest BCUT2D eigenvalue weighted by Gasteiger charge is -2.38. The second kappa shape index (κ2) is 10.5. The number of nitrogens with one attached hydrogen (secondary N) is 1.